The van der Waals surface area contributed by atoms with Crippen molar-refractivity contribution in [2.24, 2.45) is 0 Å². The first-order chi connectivity index (χ1) is 20.9. The second-order valence-corrected chi connectivity index (χ2v) is 11.3. The Morgan fingerprint density at radius 3 is 2.49 bits per heavy atom. The van der Waals surface area contributed by atoms with Crippen molar-refractivity contribution in [2.45, 2.75) is 45.1 Å². The number of thiophene rings is 1. The number of nitrogens with zero attached hydrogens (tertiary/aromatic N) is 3. The zero-order chi connectivity index (χ0) is 30.3. The van der Waals surface area contributed by atoms with Crippen molar-refractivity contribution < 1.29 is 27.8 Å². The van der Waals surface area contributed by atoms with Gasteiger partial charge < -0.3 is 19.1 Å². The second-order valence-electron chi connectivity index (χ2n) is 10.2. The lowest BCUT2D eigenvalue weighted by Gasteiger charge is -2.31. The van der Waals surface area contributed by atoms with E-state index in [4.69, 9.17) is 14.2 Å². The molecule has 0 aliphatic carbocycles. The lowest BCUT2D eigenvalue weighted by molar-refractivity contribution is -0.119. The predicted molar refractivity (Wildman–Crippen MR) is 160 cm³/mol. The number of aromatic nitrogens is 2. The highest BCUT2D eigenvalue weighted by atomic mass is 32.1. The molecule has 2 aromatic carbocycles. The van der Waals surface area contributed by atoms with E-state index in [0.717, 1.165) is 15.9 Å². The van der Waals surface area contributed by atoms with Crippen LogP contribution in [-0.4, -0.2) is 59.6 Å². The third-order valence-corrected chi connectivity index (χ3v) is 8.25. The fourth-order valence-electron chi connectivity index (χ4n) is 5.24. The first-order valence-electron chi connectivity index (χ1n) is 14.1. The van der Waals surface area contributed by atoms with Gasteiger partial charge in [0.1, 0.15) is 25.7 Å². The van der Waals surface area contributed by atoms with E-state index in [1.807, 2.05) is 24.4 Å². The molecule has 2 aromatic heterocycles. The maximum atomic E-state index is 14.0. The molecule has 3 heterocycles. The zero-order valence-corrected chi connectivity index (χ0v) is 24.6. The van der Waals surface area contributed by atoms with Crippen LogP contribution in [0.4, 0.5) is 8.78 Å². The van der Waals surface area contributed by atoms with Crippen molar-refractivity contribution in [3.05, 3.63) is 85.2 Å². The average Bonchev–Trinajstić information content (AvgIpc) is 3.56. The monoisotopic (exact) mass is 613 g/mol. The lowest BCUT2D eigenvalue weighted by Crippen LogP contribution is -2.44. The van der Waals surface area contributed by atoms with Crippen molar-refractivity contribution in [1.29, 1.82) is 0 Å². The van der Waals surface area contributed by atoms with E-state index in [1.54, 1.807) is 45.1 Å². The van der Waals surface area contributed by atoms with Gasteiger partial charge in [-0.3, -0.25) is 18.7 Å². The summed E-state index contributed by atoms with van der Waals surface area (Å²) in [6.45, 7) is 1.48. The van der Waals surface area contributed by atoms with Crippen LogP contribution >= 0.6 is 11.3 Å². The topological polar surface area (TPSA) is 92.0 Å². The van der Waals surface area contributed by atoms with E-state index in [-0.39, 0.29) is 23.7 Å². The maximum absolute atomic E-state index is 14.0. The maximum Gasteiger partial charge on any atom is 0.332 e. The number of benzene rings is 2. The number of halogens is 2. The molecule has 0 unspecified atom stereocenters. The molecule has 1 aliphatic heterocycles. The van der Waals surface area contributed by atoms with Gasteiger partial charge in [0.25, 0.3) is 5.56 Å². The number of fused-ring (bicyclic) bond motifs is 1. The molecule has 0 N–H and O–H groups in total. The van der Waals surface area contributed by atoms with Gasteiger partial charge in [0.05, 0.1) is 24.1 Å². The minimum atomic E-state index is -1.30. The number of amides is 1. The first kappa shape index (κ1) is 30.3. The van der Waals surface area contributed by atoms with E-state index in [1.165, 1.54) is 12.1 Å². The Kier molecular flexibility index (Phi) is 9.75. The molecule has 1 aliphatic rings. The summed E-state index contributed by atoms with van der Waals surface area (Å²) < 4.78 is 46.3. The Morgan fingerprint density at radius 1 is 1.02 bits per heavy atom. The molecule has 1 saturated heterocycles. The molecule has 0 bridgehead atoms. The van der Waals surface area contributed by atoms with Crippen LogP contribution in [0.25, 0.3) is 10.9 Å². The standard InChI is InChI=1S/C31H33F2N3O6S/c1-2-40-29-14-21(5-8-28(29)41-19-25-4-3-13-43-25)18-35-30(38)26-15-23(42-24(16-32)17-33)6-7-27(26)36(31(35)39)22-9-11-34(20-37)12-10-22/h3-8,13-15,20,22,24H,2,9-12,16-19H2,1H3. The molecule has 1 fully saturated rings. The molecule has 0 radical (unpaired) electrons. The molecule has 4 aromatic rings. The highest BCUT2D eigenvalue weighted by molar-refractivity contribution is 7.09. The van der Waals surface area contributed by atoms with Crippen molar-refractivity contribution in [3.63, 3.8) is 0 Å². The van der Waals surface area contributed by atoms with E-state index >= 15 is 0 Å². The van der Waals surface area contributed by atoms with Gasteiger partial charge in [0, 0.05) is 24.0 Å². The Morgan fingerprint density at radius 2 is 1.81 bits per heavy atom. The van der Waals surface area contributed by atoms with Crippen LogP contribution in [0.2, 0.25) is 0 Å². The Hall–Kier alpha value is -4.19. The summed E-state index contributed by atoms with van der Waals surface area (Å²) >= 11 is 1.58. The molecular formula is C31H33F2N3O6S. The van der Waals surface area contributed by atoms with Crippen LogP contribution < -0.4 is 25.5 Å². The number of hydrogen-bond donors (Lipinski definition) is 0. The number of likely N-dealkylation sites (tertiary alicyclic amines) is 1. The molecule has 12 heteroatoms. The molecule has 1 amide bonds. The van der Waals surface area contributed by atoms with Gasteiger partial charge in [-0.05, 0) is 67.1 Å². The minimum absolute atomic E-state index is 0.0469. The predicted octanol–water partition coefficient (Wildman–Crippen LogP) is 4.73. The second kappa shape index (κ2) is 13.9. The molecule has 228 valence electrons. The number of carbonyl (C=O) groups is 1. The Labute approximate surface area is 250 Å². The summed E-state index contributed by atoms with van der Waals surface area (Å²) in [6.07, 6.45) is 0.551. The molecule has 9 nitrogen and oxygen atoms in total. The fourth-order valence-corrected chi connectivity index (χ4v) is 5.85. The van der Waals surface area contributed by atoms with E-state index in [2.05, 4.69) is 0 Å². The SMILES string of the molecule is CCOc1cc(Cn2c(=O)c3cc(OC(CF)CF)ccc3n(C3CCN(C=O)CC3)c2=O)ccc1OCc1cccs1. The van der Waals surface area contributed by atoms with E-state index in [0.29, 0.717) is 61.7 Å². The van der Waals surface area contributed by atoms with E-state index in [9.17, 15) is 23.2 Å². The Bertz CT molecular complexity index is 1660. The van der Waals surface area contributed by atoms with Crippen molar-refractivity contribution in [2.75, 3.05) is 33.0 Å². The van der Waals surface area contributed by atoms with Crippen LogP contribution in [0.3, 0.4) is 0 Å². The number of hydrogen-bond acceptors (Lipinski definition) is 7. The molecule has 43 heavy (non-hydrogen) atoms. The number of carbonyl (C=O) groups excluding carboxylic acids is 1. The van der Waals surface area contributed by atoms with Gasteiger partial charge >= 0.3 is 5.69 Å². The summed E-state index contributed by atoms with van der Waals surface area (Å²) in [5.74, 6) is 1.16. The van der Waals surface area contributed by atoms with Crippen LogP contribution in [0.1, 0.15) is 36.2 Å². The van der Waals surface area contributed by atoms with Crippen molar-refractivity contribution >= 4 is 28.6 Å². The summed E-state index contributed by atoms with van der Waals surface area (Å²) in [4.78, 5) is 41.8. The quantitative estimate of drug-likeness (QED) is 0.203. The summed E-state index contributed by atoms with van der Waals surface area (Å²) in [6, 6.07) is 13.5. The number of piperidine rings is 1. The summed E-state index contributed by atoms with van der Waals surface area (Å²) in [5, 5.41) is 2.16. The molecule has 0 atom stereocenters. The fraction of sp³-hybridized carbons (Fsp3) is 0.387. The normalized spacial score (nSPS) is 13.9. The van der Waals surface area contributed by atoms with Gasteiger partial charge in [-0.1, -0.05) is 12.1 Å². The van der Waals surface area contributed by atoms with Crippen molar-refractivity contribution in [3.8, 4) is 17.2 Å². The molecular weight excluding hydrogens is 580 g/mol. The number of ether oxygens (including phenoxy) is 3. The van der Waals surface area contributed by atoms with Crippen molar-refractivity contribution in [1.82, 2.24) is 14.0 Å². The first-order valence-corrected chi connectivity index (χ1v) is 15.0. The average molecular weight is 614 g/mol. The van der Waals surface area contributed by atoms with Crippen LogP contribution in [0.5, 0.6) is 17.2 Å². The highest BCUT2D eigenvalue weighted by Crippen LogP contribution is 2.31. The Balaban J connectivity index is 1.55. The van der Waals surface area contributed by atoms with Gasteiger partial charge in [-0.25, -0.2) is 13.6 Å². The zero-order valence-electron chi connectivity index (χ0n) is 23.7. The smallest absolute Gasteiger partial charge is 0.332 e. The largest absolute Gasteiger partial charge is 0.490 e. The number of alkyl halides is 2. The highest BCUT2D eigenvalue weighted by Gasteiger charge is 2.25. The summed E-state index contributed by atoms with van der Waals surface area (Å²) in [5.41, 5.74) is -0.000178. The van der Waals surface area contributed by atoms with E-state index < -0.39 is 30.7 Å². The third-order valence-electron chi connectivity index (χ3n) is 7.40. The number of rotatable bonds is 13. The minimum Gasteiger partial charge on any atom is -0.490 e. The molecule has 5 rings (SSSR count). The third kappa shape index (κ3) is 6.74. The molecule has 0 spiro atoms. The lowest BCUT2D eigenvalue weighted by atomic mass is 10.0. The summed E-state index contributed by atoms with van der Waals surface area (Å²) in [7, 11) is 0. The van der Waals surface area contributed by atoms with Gasteiger partial charge in [-0.2, -0.15) is 0 Å². The van der Waals surface area contributed by atoms with Gasteiger partial charge in [-0.15, -0.1) is 11.3 Å². The van der Waals surface area contributed by atoms with Crippen LogP contribution in [0, 0.1) is 0 Å². The van der Waals surface area contributed by atoms with Crippen LogP contribution in [-0.2, 0) is 17.9 Å². The molecule has 0 saturated carbocycles. The van der Waals surface area contributed by atoms with Gasteiger partial charge in [0.2, 0.25) is 6.41 Å². The van der Waals surface area contributed by atoms with Crippen LogP contribution in [0.15, 0.2) is 63.5 Å². The van der Waals surface area contributed by atoms with Gasteiger partial charge in [0.15, 0.2) is 17.6 Å².